The predicted molar refractivity (Wildman–Crippen MR) is 97.0 cm³/mol. The molecular weight excluding hydrogens is 338 g/mol. The number of hydrogen-bond acceptors (Lipinski definition) is 2. The van der Waals surface area contributed by atoms with Gasteiger partial charge in [0, 0.05) is 5.69 Å². The smallest absolute Gasteiger partial charge is 0.257 e. The van der Waals surface area contributed by atoms with Crippen LogP contribution in [0.2, 0.25) is 0 Å². The Balaban J connectivity index is 2.20. The van der Waals surface area contributed by atoms with Gasteiger partial charge in [-0.2, -0.15) is 0 Å². The lowest BCUT2D eigenvalue weighted by molar-refractivity contribution is -0.118. The molecule has 26 heavy (non-hydrogen) atoms. The average Bonchev–Trinajstić information content (AvgIpc) is 2.50. The minimum Gasteiger partial charge on any atom is -0.340 e. The van der Waals surface area contributed by atoms with Crippen molar-refractivity contribution >= 4 is 17.5 Å². The van der Waals surface area contributed by atoms with Crippen LogP contribution in [0.1, 0.15) is 35.3 Å². The summed E-state index contributed by atoms with van der Waals surface area (Å²) in [7, 11) is 0. The van der Waals surface area contributed by atoms with Crippen LogP contribution in [-0.2, 0) is 4.79 Å². The van der Waals surface area contributed by atoms with Gasteiger partial charge in [-0.1, -0.05) is 26.0 Å². The molecule has 2 N–H and O–H groups in total. The number of nitrogens with one attached hydrogen (secondary N) is 2. The van der Waals surface area contributed by atoms with Crippen molar-refractivity contribution in [2.24, 2.45) is 5.92 Å². The van der Waals surface area contributed by atoms with E-state index in [1.165, 1.54) is 6.07 Å². The van der Waals surface area contributed by atoms with E-state index in [0.29, 0.717) is 5.69 Å². The molecule has 0 radical (unpaired) electrons. The van der Waals surface area contributed by atoms with Crippen LogP contribution in [0.4, 0.5) is 14.5 Å². The summed E-state index contributed by atoms with van der Waals surface area (Å²) in [5, 5.41) is 5.18. The van der Waals surface area contributed by atoms with Crippen molar-refractivity contribution in [3.63, 3.8) is 0 Å². The van der Waals surface area contributed by atoms with E-state index < -0.39 is 35.1 Å². The number of rotatable bonds is 5. The second-order valence-electron chi connectivity index (χ2n) is 6.66. The van der Waals surface area contributed by atoms with Crippen molar-refractivity contribution in [1.82, 2.24) is 5.32 Å². The predicted octanol–water partition coefficient (Wildman–Crippen LogP) is 3.97. The van der Waals surface area contributed by atoms with Crippen LogP contribution in [0.15, 0.2) is 36.4 Å². The number of halogens is 2. The lowest BCUT2D eigenvalue weighted by Crippen LogP contribution is -2.47. The third kappa shape index (κ3) is 4.65. The molecule has 1 unspecified atom stereocenters. The Bertz CT molecular complexity index is 794. The number of aryl methyl sites for hydroxylation is 2. The van der Waals surface area contributed by atoms with Crippen LogP contribution in [0.5, 0.6) is 0 Å². The van der Waals surface area contributed by atoms with Crippen molar-refractivity contribution in [2.45, 2.75) is 33.7 Å². The molecule has 0 heterocycles. The molecule has 6 heteroatoms. The molecule has 4 nitrogen and oxygen atoms in total. The topological polar surface area (TPSA) is 58.2 Å². The monoisotopic (exact) mass is 360 g/mol. The number of amides is 2. The fraction of sp³-hybridized carbons (Fsp3) is 0.300. The summed E-state index contributed by atoms with van der Waals surface area (Å²) < 4.78 is 27.6. The fourth-order valence-electron chi connectivity index (χ4n) is 2.73. The highest BCUT2D eigenvalue weighted by atomic mass is 19.1. The summed E-state index contributed by atoms with van der Waals surface area (Å²) in [6, 6.07) is 7.81. The Labute approximate surface area is 151 Å². The van der Waals surface area contributed by atoms with Gasteiger partial charge in [0.15, 0.2) is 0 Å². The minimum atomic E-state index is -0.972. The zero-order valence-corrected chi connectivity index (χ0v) is 15.2. The summed E-state index contributed by atoms with van der Waals surface area (Å²) in [6.45, 7) is 7.30. The molecule has 0 bridgehead atoms. The van der Waals surface area contributed by atoms with Gasteiger partial charge in [-0.05, 0) is 55.2 Å². The van der Waals surface area contributed by atoms with E-state index in [1.807, 2.05) is 19.9 Å². The first-order chi connectivity index (χ1) is 12.2. The van der Waals surface area contributed by atoms with E-state index in [2.05, 4.69) is 10.6 Å². The second kappa shape index (κ2) is 8.08. The molecule has 0 aliphatic heterocycles. The Morgan fingerprint density at radius 2 is 1.50 bits per heavy atom. The molecule has 0 spiro atoms. The Hall–Kier alpha value is -2.76. The molecule has 2 aromatic rings. The Morgan fingerprint density at radius 1 is 0.962 bits per heavy atom. The second-order valence-corrected chi connectivity index (χ2v) is 6.66. The zero-order chi connectivity index (χ0) is 19.4. The third-order valence-electron chi connectivity index (χ3n) is 3.91. The van der Waals surface area contributed by atoms with Gasteiger partial charge < -0.3 is 10.6 Å². The molecular formula is C20H22F2N2O2. The van der Waals surface area contributed by atoms with E-state index in [9.17, 15) is 18.4 Å². The van der Waals surface area contributed by atoms with Gasteiger partial charge in [0.1, 0.15) is 23.2 Å². The molecule has 2 amide bonds. The lowest BCUT2D eigenvalue weighted by atomic mass is 10.0. The normalized spacial score (nSPS) is 12.0. The number of carbonyl (C=O) groups excluding carboxylic acids is 2. The zero-order valence-electron chi connectivity index (χ0n) is 15.2. The summed E-state index contributed by atoms with van der Waals surface area (Å²) in [4.78, 5) is 24.9. The minimum absolute atomic E-state index is 0.278. The van der Waals surface area contributed by atoms with Crippen molar-refractivity contribution in [3.8, 4) is 0 Å². The first kappa shape index (κ1) is 19.6. The van der Waals surface area contributed by atoms with Gasteiger partial charge in [0.05, 0.1) is 0 Å². The number of benzene rings is 2. The van der Waals surface area contributed by atoms with E-state index >= 15 is 0 Å². The fourth-order valence-corrected chi connectivity index (χ4v) is 2.73. The summed E-state index contributed by atoms with van der Waals surface area (Å²) >= 11 is 0. The van der Waals surface area contributed by atoms with Gasteiger partial charge in [0.25, 0.3) is 5.91 Å². The maximum absolute atomic E-state index is 13.8. The van der Waals surface area contributed by atoms with E-state index in [-0.39, 0.29) is 5.92 Å². The van der Waals surface area contributed by atoms with Gasteiger partial charge in [-0.25, -0.2) is 8.78 Å². The largest absolute Gasteiger partial charge is 0.340 e. The van der Waals surface area contributed by atoms with Crippen LogP contribution in [0, 0.1) is 31.4 Å². The summed E-state index contributed by atoms with van der Waals surface area (Å²) in [5.41, 5.74) is 1.87. The van der Waals surface area contributed by atoms with Gasteiger partial charge >= 0.3 is 0 Å². The first-order valence-electron chi connectivity index (χ1n) is 8.33. The van der Waals surface area contributed by atoms with Crippen LogP contribution in [0.25, 0.3) is 0 Å². The number of carbonyl (C=O) groups is 2. The van der Waals surface area contributed by atoms with E-state index in [4.69, 9.17) is 0 Å². The van der Waals surface area contributed by atoms with Crippen molar-refractivity contribution in [1.29, 1.82) is 0 Å². The van der Waals surface area contributed by atoms with Crippen molar-refractivity contribution in [3.05, 3.63) is 64.7 Å². The molecule has 0 aromatic heterocycles. The highest BCUT2D eigenvalue weighted by molar-refractivity contribution is 6.01. The van der Waals surface area contributed by atoms with Gasteiger partial charge in [-0.3, -0.25) is 9.59 Å². The molecule has 1 atom stereocenters. The van der Waals surface area contributed by atoms with E-state index in [0.717, 1.165) is 23.3 Å². The Morgan fingerprint density at radius 3 is 2.00 bits per heavy atom. The van der Waals surface area contributed by atoms with Gasteiger partial charge in [0.2, 0.25) is 5.91 Å². The SMILES string of the molecule is Cc1cc(C)cc(NC(=O)C(NC(=O)c2c(F)cccc2F)C(C)C)c1. The van der Waals surface area contributed by atoms with E-state index in [1.54, 1.807) is 26.0 Å². The molecule has 0 saturated carbocycles. The number of anilines is 1. The maximum atomic E-state index is 13.8. The third-order valence-corrected chi connectivity index (χ3v) is 3.91. The molecule has 0 fully saturated rings. The first-order valence-corrected chi connectivity index (χ1v) is 8.33. The van der Waals surface area contributed by atoms with Crippen molar-refractivity contribution < 1.29 is 18.4 Å². The average molecular weight is 360 g/mol. The highest BCUT2D eigenvalue weighted by Crippen LogP contribution is 2.16. The summed E-state index contributed by atoms with van der Waals surface area (Å²) in [5.74, 6) is -3.64. The maximum Gasteiger partial charge on any atom is 0.257 e. The molecule has 0 saturated heterocycles. The Kier molecular flexibility index (Phi) is 6.08. The highest BCUT2D eigenvalue weighted by Gasteiger charge is 2.27. The van der Waals surface area contributed by atoms with Crippen LogP contribution >= 0.6 is 0 Å². The molecule has 2 rings (SSSR count). The van der Waals surface area contributed by atoms with Crippen LogP contribution in [0.3, 0.4) is 0 Å². The van der Waals surface area contributed by atoms with Crippen LogP contribution in [-0.4, -0.2) is 17.9 Å². The quantitative estimate of drug-likeness (QED) is 0.847. The standard InChI is InChI=1S/C20H22F2N2O2/c1-11(2)18(20(26)23-14-9-12(3)8-13(4)10-14)24-19(25)17-15(21)6-5-7-16(17)22/h5-11,18H,1-4H3,(H,23,26)(H,24,25). The molecule has 0 aliphatic rings. The van der Waals surface area contributed by atoms with Crippen LogP contribution < -0.4 is 10.6 Å². The van der Waals surface area contributed by atoms with Gasteiger partial charge in [-0.15, -0.1) is 0 Å². The molecule has 0 aliphatic carbocycles. The molecule has 138 valence electrons. The van der Waals surface area contributed by atoms with Crippen molar-refractivity contribution in [2.75, 3.05) is 5.32 Å². The number of hydrogen-bond donors (Lipinski definition) is 2. The summed E-state index contributed by atoms with van der Waals surface area (Å²) in [6.07, 6.45) is 0. The molecule has 2 aromatic carbocycles. The lowest BCUT2D eigenvalue weighted by Gasteiger charge is -2.22.